The molecule has 0 aliphatic heterocycles. The fourth-order valence-corrected chi connectivity index (χ4v) is 3.51. The van der Waals surface area contributed by atoms with E-state index in [0.29, 0.717) is 12.0 Å². The third-order valence-electron chi connectivity index (χ3n) is 5.11. The SMILES string of the molecule is COc1ccc(-n2nc(CCC(=O)Nc3cccc(C)c3)cc2-c2cccc(F)c2)cc1. The molecule has 0 atom stereocenters. The van der Waals surface area contributed by atoms with E-state index >= 15 is 0 Å². The Morgan fingerprint density at radius 2 is 1.81 bits per heavy atom. The molecule has 0 saturated heterocycles. The molecule has 1 amide bonds. The van der Waals surface area contributed by atoms with E-state index < -0.39 is 0 Å². The molecule has 4 aromatic rings. The van der Waals surface area contributed by atoms with Gasteiger partial charge in [-0.3, -0.25) is 4.79 Å². The lowest BCUT2D eigenvalue weighted by atomic mass is 10.1. The predicted octanol–water partition coefficient (Wildman–Crippen LogP) is 5.57. The van der Waals surface area contributed by atoms with Gasteiger partial charge in [0.15, 0.2) is 0 Å². The number of halogens is 1. The number of rotatable bonds is 7. The van der Waals surface area contributed by atoms with E-state index in [2.05, 4.69) is 5.32 Å². The quantitative estimate of drug-likeness (QED) is 0.418. The minimum absolute atomic E-state index is 0.0816. The van der Waals surface area contributed by atoms with Gasteiger partial charge in [0, 0.05) is 24.1 Å². The van der Waals surface area contributed by atoms with E-state index in [1.54, 1.807) is 17.9 Å². The number of nitrogens with one attached hydrogen (secondary N) is 1. The first-order chi connectivity index (χ1) is 15.5. The predicted molar refractivity (Wildman–Crippen MR) is 124 cm³/mol. The Morgan fingerprint density at radius 3 is 2.53 bits per heavy atom. The third kappa shape index (κ3) is 5.03. The van der Waals surface area contributed by atoms with Gasteiger partial charge in [-0.25, -0.2) is 9.07 Å². The van der Waals surface area contributed by atoms with Crippen LogP contribution < -0.4 is 10.1 Å². The van der Waals surface area contributed by atoms with Crippen molar-refractivity contribution in [1.82, 2.24) is 9.78 Å². The molecule has 1 heterocycles. The topological polar surface area (TPSA) is 56.2 Å². The van der Waals surface area contributed by atoms with Gasteiger partial charge in [-0.2, -0.15) is 5.10 Å². The third-order valence-corrected chi connectivity index (χ3v) is 5.11. The zero-order chi connectivity index (χ0) is 22.5. The number of anilines is 1. The standard InChI is InChI=1S/C26H24FN3O2/c1-18-5-3-8-21(15-18)28-26(31)14-9-22-17-25(19-6-4-7-20(27)16-19)30(29-22)23-10-12-24(32-2)13-11-23/h3-8,10-13,15-17H,9,14H2,1-2H3,(H,28,31). The first kappa shape index (κ1) is 21.3. The van der Waals surface area contributed by atoms with Crippen molar-refractivity contribution in [2.45, 2.75) is 19.8 Å². The average molecular weight is 429 g/mol. The number of hydrogen-bond donors (Lipinski definition) is 1. The first-order valence-electron chi connectivity index (χ1n) is 10.4. The van der Waals surface area contributed by atoms with E-state index in [1.807, 2.05) is 67.6 Å². The van der Waals surface area contributed by atoms with E-state index in [4.69, 9.17) is 9.84 Å². The number of carbonyl (C=O) groups excluding carboxylic acids is 1. The Balaban J connectivity index is 1.57. The van der Waals surface area contributed by atoms with Gasteiger partial charge >= 0.3 is 0 Å². The van der Waals surface area contributed by atoms with Gasteiger partial charge in [-0.05, 0) is 67.1 Å². The van der Waals surface area contributed by atoms with Crippen molar-refractivity contribution in [3.63, 3.8) is 0 Å². The lowest BCUT2D eigenvalue weighted by Gasteiger charge is -2.08. The summed E-state index contributed by atoms with van der Waals surface area (Å²) in [5, 5.41) is 7.63. The van der Waals surface area contributed by atoms with Gasteiger partial charge in [0.2, 0.25) is 5.91 Å². The van der Waals surface area contributed by atoms with Crippen LogP contribution in [-0.2, 0) is 11.2 Å². The highest BCUT2D eigenvalue weighted by Crippen LogP contribution is 2.26. The van der Waals surface area contributed by atoms with Gasteiger partial charge < -0.3 is 10.1 Å². The van der Waals surface area contributed by atoms with Crippen LogP contribution in [0, 0.1) is 12.7 Å². The fraction of sp³-hybridized carbons (Fsp3) is 0.154. The van der Waals surface area contributed by atoms with E-state index in [9.17, 15) is 9.18 Å². The maximum absolute atomic E-state index is 13.9. The van der Waals surface area contributed by atoms with E-state index in [-0.39, 0.29) is 18.1 Å². The Kier molecular flexibility index (Phi) is 6.31. The van der Waals surface area contributed by atoms with Gasteiger partial charge in [0.1, 0.15) is 11.6 Å². The number of carbonyl (C=O) groups is 1. The number of hydrogen-bond acceptors (Lipinski definition) is 3. The van der Waals surface area contributed by atoms with Crippen molar-refractivity contribution >= 4 is 11.6 Å². The summed E-state index contributed by atoms with van der Waals surface area (Å²) >= 11 is 0. The minimum atomic E-state index is -0.316. The van der Waals surface area contributed by atoms with Gasteiger partial charge in [0.25, 0.3) is 0 Å². The van der Waals surface area contributed by atoms with Crippen LogP contribution in [0.15, 0.2) is 78.9 Å². The minimum Gasteiger partial charge on any atom is -0.497 e. The number of amides is 1. The number of aromatic nitrogens is 2. The highest BCUT2D eigenvalue weighted by Gasteiger charge is 2.14. The number of benzene rings is 3. The monoisotopic (exact) mass is 429 g/mol. The Morgan fingerprint density at radius 1 is 1.03 bits per heavy atom. The molecule has 162 valence electrons. The summed E-state index contributed by atoms with van der Waals surface area (Å²) in [6, 6.07) is 23.5. The molecule has 0 radical (unpaired) electrons. The smallest absolute Gasteiger partial charge is 0.224 e. The molecule has 0 aliphatic carbocycles. The lowest BCUT2D eigenvalue weighted by molar-refractivity contribution is -0.116. The molecular formula is C26H24FN3O2. The molecule has 1 aromatic heterocycles. The molecule has 0 bridgehead atoms. The molecule has 0 aliphatic rings. The Hall–Kier alpha value is -3.93. The van der Waals surface area contributed by atoms with Crippen LogP contribution in [0.4, 0.5) is 10.1 Å². The largest absolute Gasteiger partial charge is 0.497 e. The second-order valence-corrected chi connectivity index (χ2v) is 7.56. The van der Waals surface area contributed by atoms with Crippen molar-refractivity contribution < 1.29 is 13.9 Å². The summed E-state index contributed by atoms with van der Waals surface area (Å²) in [6.07, 6.45) is 0.749. The summed E-state index contributed by atoms with van der Waals surface area (Å²) < 4.78 is 20.9. The summed E-state index contributed by atoms with van der Waals surface area (Å²) in [5.74, 6) is 0.340. The summed E-state index contributed by atoms with van der Waals surface area (Å²) in [5.41, 5.74) is 4.90. The van der Waals surface area contributed by atoms with Crippen molar-refractivity contribution in [3.05, 3.63) is 95.9 Å². The second kappa shape index (κ2) is 9.47. The molecule has 0 unspecified atom stereocenters. The molecule has 32 heavy (non-hydrogen) atoms. The van der Waals surface area contributed by atoms with E-state index in [0.717, 1.165) is 34.1 Å². The van der Waals surface area contributed by atoms with Gasteiger partial charge in [-0.15, -0.1) is 0 Å². The number of aryl methyl sites for hydroxylation is 2. The number of nitrogens with zero attached hydrogens (tertiary/aromatic N) is 2. The van der Waals surface area contributed by atoms with Crippen LogP contribution in [-0.4, -0.2) is 22.8 Å². The van der Waals surface area contributed by atoms with Gasteiger partial charge in [-0.1, -0.05) is 24.3 Å². The average Bonchev–Trinajstić information content (AvgIpc) is 3.22. The maximum atomic E-state index is 13.9. The molecule has 6 heteroatoms. The Bertz CT molecular complexity index is 1230. The van der Waals surface area contributed by atoms with Crippen molar-refractivity contribution in [2.24, 2.45) is 0 Å². The molecular weight excluding hydrogens is 405 g/mol. The number of methoxy groups -OCH3 is 1. The van der Waals surface area contributed by atoms with Crippen LogP contribution in [0.5, 0.6) is 5.75 Å². The number of ether oxygens (including phenoxy) is 1. The normalized spacial score (nSPS) is 10.7. The maximum Gasteiger partial charge on any atom is 0.224 e. The van der Waals surface area contributed by atoms with Crippen LogP contribution in [0.3, 0.4) is 0 Å². The molecule has 1 N–H and O–H groups in total. The molecule has 0 spiro atoms. The zero-order valence-corrected chi connectivity index (χ0v) is 18.0. The lowest BCUT2D eigenvalue weighted by Crippen LogP contribution is -2.12. The highest BCUT2D eigenvalue weighted by molar-refractivity contribution is 5.90. The molecule has 3 aromatic carbocycles. The summed E-state index contributed by atoms with van der Waals surface area (Å²) in [7, 11) is 1.61. The van der Waals surface area contributed by atoms with Crippen LogP contribution in [0.2, 0.25) is 0 Å². The fourth-order valence-electron chi connectivity index (χ4n) is 3.51. The van der Waals surface area contributed by atoms with Crippen molar-refractivity contribution in [1.29, 1.82) is 0 Å². The molecule has 4 rings (SSSR count). The first-order valence-corrected chi connectivity index (χ1v) is 10.4. The summed E-state index contributed by atoms with van der Waals surface area (Å²) in [4.78, 5) is 12.4. The Labute approximate surface area is 186 Å². The van der Waals surface area contributed by atoms with Crippen LogP contribution >= 0.6 is 0 Å². The highest BCUT2D eigenvalue weighted by atomic mass is 19.1. The van der Waals surface area contributed by atoms with Crippen LogP contribution in [0.1, 0.15) is 17.7 Å². The summed E-state index contributed by atoms with van der Waals surface area (Å²) in [6.45, 7) is 1.98. The second-order valence-electron chi connectivity index (χ2n) is 7.56. The van der Waals surface area contributed by atoms with Crippen molar-refractivity contribution in [3.8, 4) is 22.7 Å². The van der Waals surface area contributed by atoms with Crippen molar-refractivity contribution in [2.75, 3.05) is 12.4 Å². The molecule has 5 nitrogen and oxygen atoms in total. The van der Waals surface area contributed by atoms with E-state index in [1.165, 1.54) is 12.1 Å². The molecule has 0 fully saturated rings. The zero-order valence-electron chi connectivity index (χ0n) is 18.0. The molecule has 0 saturated carbocycles. The van der Waals surface area contributed by atoms with Crippen LogP contribution in [0.25, 0.3) is 16.9 Å². The van der Waals surface area contributed by atoms with Gasteiger partial charge in [0.05, 0.1) is 24.2 Å².